The van der Waals surface area contributed by atoms with Crippen molar-refractivity contribution in [3.05, 3.63) is 45.4 Å². The summed E-state index contributed by atoms with van der Waals surface area (Å²) < 4.78 is 43.3. The van der Waals surface area contributed by atoms with Crippen LogP contribution in [-0.2, 0) is 10.9 Å². The number of aromatic amines is 1. The van der Waals surface area contributed by atoms with Gasteiger partial charge >= 0.3 is 12.1 Å². The lowest BCUT2D eigenvalue weighted by Crippen LogP contribution is -2.36. The van der Waals surface area contributed by atoms with E-state index in [1.807, 2.05) is 0 Å². The van der Waals surface area contributed by atoms with Crippen molar-refractivity contribution < 1.29 is 27.5 Å². The molecule has 31 heavy (non-hydrogen) atoms. The Bertz CT molecular complexity index is 1010. The zero-order chi connectivity index (χ0) is 22.9. The molecule has 168 valence electrons. The highest BCUT2D eigenvalue weighted by Gasteiger charge is 2.32. The van der Waals surface area contributed by atoms with Crippen LogP contribution in [0.2, 0.25) is 5.02 Å². The van der Waals surface area contributed by atoms with E-state index in [2.05, 4.69) is 9.97 Å². The van der Waals surface area contributed by atoms with Crippen molar-refractivity contribution in [2.45, 2.75) is 26.4 Å². The second-order valence-electron chi connectivity index (χ2n) is 7.28. The second-order valence-corrected chi connectivity index (χ2v) is 7.68. The molecule has 1 aliphatic rings. The molecule has 7 nitrogen and oxygen atoms in total. The van der Waals surface area contributed by atoms with Crippen molar-refractivity contribution in [1.82, 2.24) is 14.9 Å². The molecule has 1 saturated heterocycles. The minimum atomic E-state index is -4.52. The van der Waals surface area contributed by atoms with Crippen LogP contribution in [0.1, 0.15) is 44.1 Å². The van der Waals surface area contributed by atoms with E-state index < -0.39 is 17.7 Å². The summed E-state index contributed by atoms with van der Waals surface area (Å²) in [6.07, 6.45) is -3.19. The molecule has 3 heterocycles. The lowest BCUT2D eigenvalue weighted by atomic mass is 10.1. The first-order valence-electron chi connectivity index (χ1n) is 9.59. The molecule has 0 aliphatic carbocycles. The van der Waals surface area contributed by atoms with Gasteiger partial charge in [0, 0.05) is 38.1 Å². The molecule has 2 aromatic rings. The molecule has 0 unspecified atom stereocenters. The Balaban J connectivity index is 1.76. The molecular weight excluding hydrogens is 437 g/mol. The summed E-state index contributed by atoms with van der Waals surface area (Å²) >= 11 is 6.07. The fourth-order valence-corrected chi connectivity index (χ4v) is 3.97. The smallest absolute Gasteiger partial charge is 0.417 e. The van der Waals surface area contributed by atoms with Crippen molar-refractivity contribution in [1.29, 1.82) is 0 Å². The summed E-state index contributed by atoms with van der Waals surface area (Å²) in [4.78, 5) is 35.3. The van der Waals surface area contributed by atoms with Gasteiger partial charge in [-0.3, -0.25) is 4.79 Å². The summed E-state index contributed by atoms with van der Waals surface area (Å²) in [5.41, 5.74) is 0.805. The van der Waals surface area contributed by atoms with Crippen molar-refractivity contribution >= 4 is 29.3 Å². The number of rotatable bonds is 3. The van der Waals surface area contributed by atoms with Crippen molar-refractivity contribution in [3.8, 4) is 0 Å². The zero-order valence-corrected chi connectivity index (χ0v) is 18.0. The fraction of sp³-hybridized carbons (Fsp3) is 0.450. The molecule has 11 heteroatoms. The highest BCUT2D eigenvalue weighted by Crippen LogP contribution is 2.33. The second kappa shape index (κ2) is 8.78. The van der Waals surface area contributed by atoms with Gasteiger partial charge in [0.25, 0.3) is 5.91 Å². The van der Waals surface area contributed by atoms with Gasteiger partial charge in [-0.1, -0.05) is 11.6 Å². The Kier molecular flexibility index (Phi) is 6.49. The molecule has 3 rings (SSSR count). The zero-order valence-electron chi connectivity index (χ0n) is 17.3. The van der Waals surface area contributed by atoms with Gasteiger partial charge in [0.05, 0.1) is 23.3 Å². The first-order chi connectivity index (χ1) is 14.5. The third kappa shape index (κ3) is 4.63. The molecule has 0 aromatic carbocycles. The number of H-pyrrole nitrogens is 1. The maximum Gasteiger partial charge on any atom is 0.417 e. The maximum absolute atomic E-state index is 13.1. The molecule has 0 saturated carbocycles. The van der Waals surface area contributed by atoms with Crippen LogP contribution in [0.5, 0.6) is 0 Å². The molecule has 1 N–H and O–H groups in total. The number of nitrogens with zero attached hydrogens (tertiary/aromatic N) is 3. The summed E-state index contributed by atoms with van der Waals surface area (Å²) in [6.45, 7) is 4.98. The van der Waals surface area contributed by atoms with Gasteiger partial charge in [0.1, 0.15) is 11.5 Å². The van der Waals surface area contributed by atoms with E-state index in [4.69, 9.17) is 16.3 Å². The normalized spacial score (nSPS) is 15.1. The van der Waals surface area contributed by atoms with Gasteiger partial charge in [0.15, 0.2) is 0 Å². The number of alkyl halides is 3. The first-order valence-corrected chi connectivity index (χ1v) is 9.96. The number of anilines is 1. The molecule has 0 bridgehead atoms. The van der Waals surface area contributed by atoms with E-state index in [1.165, 1.54) is 7.11 Å². The summed E-state index contributed by atoms with van der Waals surface area (Å²) in [7, 11) is 1.28. The molecule has 0 radical (unpaired) electrons. The number of halogens is 4. The Morgan fingerprint density at radius 2 is 1.90 bits per heavy atom. The number of esters is 1. The fourth-order valence-electron chi connectivity index (χ4n) is 3.68. The number of aromatic nitrogens is 2. The molecule has 1 amide bonds. The van der Waals surface area contributed by atoms with E-state index in [0.717, 1.165) is 12.3 Å². The van der Waals surface area contributed by atoms with Crippen LogP contribution in [0.25, 0.3) is 0 Å². The van der Waals surface area contributed by atoms with Crippen molar-refractivity contribution in [2.75, 3.05) is 38.2 Å². The number of ether oxygens (including phenoxy) is 1. The van der Waals surface area contributed by atoms with Crippen LogP contribution in [0.4, 0.5) is 19.0 Å². The standard InChI is InChI=1S/C20H22ClF3N4O3/c1-11-15(19(30)31-3)12(2)26-16(11)18(29)28-6-4-5-27(7-8-28)17-14(21)9-13(10-25-17)20(22,23)24/h9-10,26H,4-8H2,1-3H3. The Morgan fingerprint density at radius 3 is 2.52 bits per heavy atom. The highest BCUT2D eigenvalue weighted by atomic mass is 35.5. The quantitative estimate of drug-likeness (QED) is 0.707. The van der Waals surface area contributed by atoms with E-state index in [0.29, 0.717) is 55.1 Å². The van der Waals surface area contributed by atoms with Crippen molar-refractivity contribution in [2.24, 2.45) is 0 Å². The topological polar surface area (TPSA) is 78.5 Å². The van der Waals surface area contributed by atoms with E-state index in [9.17, 15) is 22.8 Å². The minimum absolute atomic E-state index is 0.0897. The highest BCUT2D eigenvalue weighted by molar-refractivity contribution is 6.33. The number of amides is 1. The van der Waals surface area contributed by atoms with Crippen LogP contribution in [0, 0.1) is 13.8 Å². The number of hydrogen-bond acceptors (Lipinski definition) is 5. The molecule has 0 spiro atoms. The van der Waals surface area contributed by atoms with Gasteiger partial charge < -0.3 is 19.5 Å². The summed E-state index contributed by atoms with van der Waals surface area (Å²) in [5, 5.41) is -0.0897. The van der Waals surface area contributed by atoms with Crippen LogP contribution in [0.3, 0.4) is 0 Å². The van der Waals surface area contributed by atoms with Crippen LogP contribution in [-0.4, -0.2) is 60.0 Å². The Hall–Kier alpha value is -2.75. The van der Waals surface area contributed by atoms with Gasteiger partial charge in [-0.2, -0.15) is 13.2 Å². The Labute approximate surface area is 182 Å². The third-order valence-corrected chi connectivity index (χ3v) is 5.55. The molecule has 1 aliphatic heterocycles. The number of carbonyl (C=O) groups is 2. The minimum Gasteiger partial charge on any atom is -0.465 e. The van der Waals surface area contributed by atoms with E-state index in [-0.39, 0.29) is 16.7 Å². The van der Waals surface area contributed by atoms with Gasteiger partial charge in [-0.15, -0.1) is 0 Å². The van der Waals surface area contributed by atoms with Crippen LogP contribution >= 0.6 is 11.6 Å². The molecular formula is C20H22ClF3N4O3. The predicted octanol–water partition coefficient (Wildman–Crippen LogP) is 3.84. The van der Waals surface area contributed by atoms with Gasteiger partial charge in [-0.25, -0.2) is 9.78 Å². The first kappa shape index (κ1) is 22.9. The lowest BCUT2D eigenvalue weighted by Gasteiger charge is -2.24. The molecule has 2 aromatic heterocycles. The van der Waals surface area contributed by atoms with Gasteiger partial charge in [-0.05, 0) is 31.9 Å². The molecule has 0 atom stereocenters. The van der Waals surface area contributed by atoms with Gasteiger partial charge in [0.2, 0.25) is 0 Å². The summed E-state index contributed by atoms with van der Waals surface area (Å²) in [6, 6.07) is 0.858. The summed E-state index contributed by atoms with van der Waals surface area (Å²) in [5.74, 6) is -0.525. The van der Waals surface area contributed by atoms with E-state index in [1.54, 1.807) is 23.6 Å². The SMILES string of the molecule is COC(=O)c1c(C)[nH]c(C(=O)N2CCCN(c3ncc(C(F)(F)F)cc3Cl)CC2)c1C. The maximum atomic E-state index is 13.1. The number of methoxy groups -OCH3 is 1. The van der Waals surface area contributed by atoms with E-state index >= 15 is 0 Å². The largest absolute Gasteiger partial charge is 0.465 e. The number of carbonyl (C=O) groups excluding carboxylic acids is 2. The number of nitrogens with one attached hydrogen (secondary N) is 1. The number of hydrogen-bond donors (Lipinski definition) is 1. The number of pyridine rings is 1. The number of aryl methyl sites for hydroxylation is 1. The average Bonchev–Trinajstić information content (AvgIpc) is 2.87. The van der Waals surface area contributed by atoms with Crippen molar-refractivity contribution in [3.63, 3.8) is 0 Å². The Morgan fingerprint density at radius 1 is 1.19 bits per heavy atom. The van der Waals surface area contributed by atoms with Crippen LogP contribution < -0.4 is 4.90 Å². The average molecular weight is 459 g/mol. The lowest BCUT2D eigenvalue weighted by molar-refractivity contribution is -0.137. The van der Waals surface area contributed by atoms with Crippen LogP contribution in [0.15, 0.2) is 12.3 Å². The monoisotopic (exact) mass is 458 g/mol. The molecule has 1 fully saturated rings. The predicted molar refractivity (Wildman–Crippen MR) is 109 cm³/mol. The third-order valence-electron chi connectivity index (χ3n) is 5.27.